The third-order valence-electron chi connectivity index (χ3n) is 11.6. The van der Waals surface area contributed by atoms with E-state index in [9.17, 15) is 0 Å². The molecule has 2 heteroatoms. The van der Waals surface area contributed by atoms with Crippen molar-refractivity contribution >= 4 is 40.2 Å². The number of hydrogen-bond donors (Lipinski definition) is 0. The molecule has 53 heavy (non-hydrogen) atoms. The van der Waals surface area contributed by atoms with Gasteiger partial charge in [-0.25, -0.2) is 0 Å². The number of hydrogen-bond acceptors (Lipinski definition) is 1. The fourth-order valence-electron chi connectivity index (χ4n) is 8.88. The minimum atomic E-state index is 0.0101. The highest BCUT2D eigenvalue weighted by atomic mass is 15.2. The predicted molar refractivity (Wildman–Crippen MR) is 228 cm³/mol. The second kappa shape index (κ2) is 13.1. The Balaban J connectivity index is 1.40. The van der Waals surface area contributed by atoms with Crippen LogP contribution in [0.1, 0.15) is 60.1 Å². The van der Waals surface area contributed by atoms with E-state index in [0.29, 0.717) is 5.92 Å². The van der Waals surface area contributed by atoms with E-state index in [1.807, 2.05) is 0 Å². The molecule has 0 aliphatic carbocycles. The molecule has 0 radical (unpaired) electrons. The van der Waals surface area contributed by atoms with E-state index < -0.39 is 0 Å². The third-order valence-corrected chi connectivity index (χ3v) is 11.6. The fourth-order valence-corrected chi connectivity index (χ4v) is 8.88. The number of para-hydroxylation sites is 1. The van der Waals surface area contributed by atoms with E-state index in [2.05, 4.69) is 197 Å². The summed E-state index contributed by atoms with van der Waals surface area (Å²) in [4.78, 5) is 2.61. The summed E-state index contributed by atoms with van der Waals surface area (Å²) in [6.07, 6.45) is 1.99. The summed E-state index contributed by atoms with van der Waals surface area (Å²) in [6, 6.07) is 59.8. The number of fused-ring (bicyclic) bond motifs is 4. The topological polar surface area (TPSA) is 3.24 Å². The molecular formula is C51H46BN. The molecule has 0 amide bonds. The van der Waals surface area contributed by atoms with Gasteiger partial charge < -0.3 is 4.90 Å². The van der Waals surface area contributed by atoms with Gasteiger partial charge in [-0.2, -0.15) is 0 Å². The summed E-state index contributed by atoms with van der Waals surface area (Å²) < 4.78 is 0. The minimum Gasteiger partial charge on any atom is -0.311 e. The van der Waals surface area contributed by atoms with E-state index in [1.54, 1.807) is 0 Å². The van der Waals surface area contributed by atoms with Crippen molar-refractivity contribution in [3.63, 3.8) is 0 Å². The monoisotopic (exact) mass is 683 g/mol. The first-order chi connectivity index (χ1) is 25.7. The van der Waals surface area contributed by atoms with Crippen LogP contribution in [0.15, 0.2) is 158 Å². The predicted octanol–water partition coefficient (Wildman–Crippen LogP) is 11.1. The van der Waals surface area contributed by atoms with Crippen molar-refractivity contribution in [1.29, 1.82) is 0 Å². The van der Waals surface area contributed by atoms with Gasteiger partial charge in [0.05, 0.1) is 5.69 Å². The molecule has 2 aliphatic rings. The zero-order chi connectivity index (χ0) is 36.3. The molecule has 0 fully saturated rings. The van der Waals surface area contributed by atoms with E-state index in [0.717, 1.165) is 12.8 Å². The van der Waals surface area contributed by atoms with Crippen LogP contribution in [0.5, 0.6) is 0 Å². The standard InChI is InChI=1S/C51H46BN/c1-34-20-23-36(24-21-34)29-41-30-39-25-22-35(2)28-45(39)52-46-33-42(51(3,4)5)26-27-48(46)53(47-19-13-12-18-43(47)38-16-10-7-11-17-38)49-32-40(31-44(41)50(49)52)37-14-8-6-9-15-37/h6-28,31-33,41H,29-30H2,1-5H3. The second-order valence-corrected chi connectivity index (χ2v) is 16.3. The van der Waals surface area contributed by atoms with Crippen LogP contribution in [0.4, 0.5) is 17.1 Å². The van der Waals surface area contributed by atoms with Crippen LogP contribution in [0, 0.1) is 13.8 Å². The molecule has 0 saturated carbocycles. The lowest BCUT2D eigenvalue weighted by Crippen LogP contribution is -2.58. The Morgan fingerprint density at radius 3 is 1.98 bits per heavy atom. The highest BCUT2D eigenvalue weighted by Crippen LogP contribution is 2.45. The number of rotatable bonds is 5. The van der Waals surface area contributed by atoms with E-state index in [-0.39, 0.29) is 12.1 Å². The second-order valence-electron chi connectivity index (χ2n) is 16.3. The molecule has 1 unspecified atom stereocenters. The number of benzene rings is 7. The van der Waals surface area contributed by atoms with Crippen molar-refractivity contribution in [1.82, 2.24) is 0 Å². The molecule has 0 spiro atoms. The molecule has 1 atom stereocenters. The molecule has 7 aromatic rings. The van der Waals surface area contributed by atoms with Crippen molar-refractivity contribution < 1.29 is 0 Å². The highest BCUT2D eigenvalue weighted by molar-refractivity contribution is 6.98. The third kappa shape index (κ3) is 6.01. The van der Waals surface area contributed by atoms with Gasteiger partial charge >= 0.3 is 0 Å². The number of aryl methyl sites for hydroxylation is 2. The van der Waals surface area contributed by atoms with Gasteiger partial charge in [0, 0.05) is 16.9 Å². The summed E-state index contributed by atoms with van der Waals surface area (Å²) in [5, 5.41) is 0. The van der Waals surface area contributed by atoms with E-state index >= 15 is 0 Å². The van der Waals surface area contributed by atoms with Gasteiger partial charge in [0.25, 0.3) is 0 Å². The Hall–Kier alpha value is -5.60. The molecule has 0 N–H and O–H groups in total. The van der Waals surface area contributed by atoms with Gasteiger partial charge in [-0.15, -0.1) is 0 Å². The van der Waals surface area contributed by atoms with Gasteiger partial charge in [-0.3, -0.25) is 0 Å². The lowest BCUT2D eigenvalue weighted by molar-refractivity contribution is 0.591. The molecular weight excluding hydrogens is 637 g/mol. The summed E-state index contributed by atoms with van der Waals surface area (Å²) in [6.45, 7) is 11.6. The molecule has 0 aromatic heterocycles. The zero-order valence-electron chi connectivity index (χ0n) is 31.5. The molecule has 258 valence electrons. The maximum Gasteiger partial charge on any atom is 0.247 e. The van der Waals surface area contributed by atoms with Crippen molar-refractivity contribution in [2.75, 3.05) is 4.90 Å². The van der Waals surface area contributed by atoms with Gasteiger partial charge in [-0.05, 0) is 101 Å². The van der Waals surface area contributed by atoms with Crippen LogP contribution in [0.2, 0.25) is 0 Å². The van der Waals surface area contributed by atoms with E-state index in [1.165, 1.54) is 89.1 Å². The van der Waals surface area contributed by atoms with Gasteiger partial charge in [-0.1, -0.05) is 182 Å². The Labute approximate surface area is 316 Å². The Kier molecular flexibility index (Phi) is 8.23. The smallest absolute Gasteiger partial charge is 0.247 e. The average molecular weight is 684 g/mol. The van der Waals surface area contributed by atoms with Gasteiger partial charge in [0.15, 0.2) is 0 Å². The average Bonchev–Trinajstić information content (AvgIpc) is 3.30. The van der Waals surface area contributed by atoms with Crippen molar-refractivity contribution in [2.45, 2.75) is 58.8 Å². The lowest BCUT2D eigenvalue weighted by Gasteiger charge is -2.40. The molecule has 1 nitrogen and oxygen atoms in total. The first-order valence-corrected chi connectivity index (χ1v) is 19.2. The number of anilines is 3. The van der Waals surface area contributed by atoms with E-state index in [4.69, 9.17) is 0 Å². The summed E-state index contributed by atoms with van der Waals surface area (Å²) in [5.74, 6) is 0.306. The van der Waals surface area contributed by atoms with Crippen LogP contribution in [0.25, 0.3) is 22.3 Å². The molecule has 0 saturated heterocycles. The molecule has 0 bridgehead atoms. The van der Waals surface area contributed by atoms with Crippen molar-refractivity contribution in [2.24, 2.45) is 0 Å². The largest absolute Gasteiger partial charge is 0.311 e. The normalized spacial score (nSPS) is 14.6. The maximum atomic E-state index is 2.61. The first kappa shape index (κ1) is 33.3. The van der Waals surface area contributed by atoms with Crippen molar-refractivity contribution in [3.8, 4) is 22.3 Å². The SMILES string of the molecule is Cc1ccc(CC2Cc3ccc(C)cc3B3c4cc(C(C)(C)C)ccc4N(c4ccccc4-c4ccccc4)c4cc(-c5ccccc5)cc2c43)cc1. The summed E-state index contributed by atoms with van der Waals surface area (Å²) >= 11 is 0. The zero-order valence-corrected chi connectivity index (χ0v) is 31.5. The Morgan fingerprint density at radius 2 is 1.25 bits per heavy atom. The fraction of sp³-hybridized carbons (Fsp3) is 0.176. The van der Waals surface area contributed by atoms with Gasteiger partial charge in [0.1, 0.15) is 0 Å². The quantitative estimate of drug-likeness (QED) is 0.163. The lowest BCUT2D eigenvalue weighted by atomic mass is 9.34. The first-order valence-electron chi connectivity index (χ1n) is 19.2. The Morgan fingerprint density at radius 1 is 0.566 bits per heavy atom. The van der Waals surface area contributed by atoms with Crippen LogP contribution >= 0.6 is 0 Å². The van der Waals surface area contributed by atoms with Crippen LogP contribution in [0.3, 0.4) is 0 Å². The molecule has 2 aliphatic heterocycles. The molecule has 2 heterocycles. The van der Waals surface area contributed by atoms with Crippen LogP contribution in [-0.2, 0) is 18.3 Å². The minimum absolute atomic E-state index is 0.0101. The van der Waals surface area contributed by atoms with Gasteiger partial charge in [0.2, 0.25) is 6.71 Å². The highest BCUT2D eigenvalue weighted by Gasteiger charge is 2.42. The van der Waals surface area contributed by atoms with Crippen LogP contribution in [-0.4, -0.2) is 6.71 Å². The molecule has 9 rings (SSSR count). The maximum absolute atomic E-state index is 2.61. The summed E-state index contributed by atoms with van der Waals surface area (Å²) in [7, 11) is 0. The Bertz CT molecular complexity index is 2460. The van der Waals surface area contributed by atoms with Crippen molar-refractivity contribution in [3.05, 3.63) is 191 Å². The number of nitrogens with zero attached hydrogens (tertiary/aromatic N) is 1. The molecule has 7 aromatic carbocycles. The summed E-state index contributed by atoms with van der Waals surface area (Å²) in [5.41, 5.74) is 21.4. The van der Waals surface area contributed by atoms with Crippen LogP contribution < -0.4 is 21.3 Å².